The van der Waals surface area contributed by atoms with Gasteiger partial charge in [0.15, 0.2) is 0 Å². The van der Waals surface area contributed by atoms with Gasteiger partial charge < -0.3 is 10.3 Å². The van der Waals surface area contributed by atoms with E-state index in [0.29, 0.717) is 17.1 Å². The van der Waals surface area contributed by atoms with Crippen LogP contribution in [0.15, 0.2) is 55.4 Å². The second kappa shape index (κ2) is 9.67. The number of aromatic amines is 1. The maximum absolute atomic E-state index is 14.1. The number of carbonyl (C=O) groups is 1. The fourth-order valence-electron chi connectivity index (χ4n) is 3.99. The molecule has 0 radical (unpaired) electrons. The van der Waals surface area contributed by atoms with Gasteiger partial charge in [0.1, 0.15) is 24.3 Å². The third kappa shape index (κ3) is 4.67. The SMILES string of the molecule is Cc1cc2nc(C(CNC(=O)c3c(Cl)cc(-n4cnnc4)cc3Cl)c3cncc(F)c3)[nH]c2cc1C. The molecule has 8 nitrogen and oxygen atoms in total. The minimum atomic E-state index is -0.501. The van der Waals surface area contributed by atoms with Gasteiger partial charge in [-0.3, -0.25) is 14.3 Å². The second-order valence-electron chi connectivity index (χ2n) is 8.43. The summed E-state index contributed by atoms with van der Waals surface area (Å²) in [6.45, 7) is 4.13. The molecule has 1 amide bonds. The number of aryl methyl sites for hydroxylation is 2. The minimum Gasteiger partial charge on any atom is -0.351 e. The fourth-order valence-corrected chi connectivity index (χ4v) is 4.64. The summed E-state index contributed by atoms with van der Waals surface area (Å²) < 4.78 is 15.7. The van der Waals surface area contributed by atoms with E-state index in [1.807, 2.05) is 26.0 Å². The van der Waals surface area contributed by atoms with Crippen molar-refractivity contribution in [2.24, 2.45) is 0 Å². The molecule has 36 heavy (non-hydrogen) atoms. The molecule has 0 spiro atoms. The molecule has 0 bridgehead atoms. The Morgan fingerprint density at radius 1 is 1.06 bits per heavy atom. The Balaban J connectivity index is 1.46. The zero-order valence-electron chi connectivity index (χ0n) is 19.3. The van der Waals surface area contributed by atoms with Crippen LogP contribution in [-0.4, -0.2) is 42.2 Å². The van der Waals surface area contributed by atoms with Gasteiger partial charge >= 0.3 is 0 Å². The van der Waals surface area contributed by atoms with E-state index in [9.17, 15) is 9.18 Å². The number of rotatable bonds is 6. The Labute approximate surface area is 215 Å². The minimum absolute atomic E-state index is 0.0988. The highest BCUT2D eigenvalue weighted by atomic mass is 35.5. The first kappa shape index (κ1) is 23.9. The van der Waals surface area contributed by atoms with Crippen LogP contribution in [0, 0.1) is 19.7 Å². The molecule has 0 aliphatic carbocycles. The Kier molecular flexibility index (Phi) is 6.42. The maximum atomic E-state index is 14.1. The predicted molar refractivity (Wildman–Crippen MR) is 135 cm³/mol. The summed E-state index contributed by atoms with van der Waals surface area (Å²) >= 11 is 12.8. The highest BCUT2D eigenvalue weighted by molar-refractivity contribution is 6.40. The molecule has 0 aliphatic heterocycles. The lowest BCUT2D eigenvalue weighted by atomic mass is 9.99. The van der Waals surface area contributed by atoms with E-state index in [1.165, 1.54) is 18.7 Å². The quantitative estimate of drug-likeness (QED) is 0.320. The third-order valence-electron chi connectivity index (χ3n) is 6.01. The number of amides is 1. The zero-order valence-corrected chi connectivity index (χ0v) is 20.8. The second-order valence-corrected chi connectivity index (χ2v) is 9.24. The first-order valence-electron chi connectivity index (χ1n) is 11.0. The third-order valence-corrected chi connectivity index (χ3v) is 6.61. The normalized spacial score (nSPS) is 12.1. The number of fused-ring (bicyclic) bond motifs is 1. The number of carbonyl (C=O) groups excluding carboxylic acids is 1. The van der Waals surface area contributed by atoms with Gasteiger partial charge in [-0.1, -0.05) is 23.2 Å². The largest absolute Gasteiger partial charge is 0.351 e. The van der Waals surface area contributed by atoms with Gasteiger partial charge in [0, 0.05) is 12.7 Å². The zero-order chi connectivity index (χ0) is 25.4. The van der Waals surface area contributed by atoms with Gasteiger partial charge in [0.25, 0.3) is 5.91 Å². The number of pyridine rings is 1. The average Bonchev–Trinajstić information content (AvgIpc) is 3.50. The summed E-state index contributed by atoms with van der Waals surface area (Å²) in [5, 5.41) is 10.7. The Morgan fingerprint density at radius 3 is 2.44 bits per heavy atom. The molecule has 0 fully saturated rings. The van der Waals surface area contributed by atoms with Crippen LogP contribution in [0.5, 0.6) is 0 Å². The van der Waals surface area contributed by atoms with Crippen molar-refractivity contribution < 1.29 is 9.18 Å². The molecule has 1 atom stereocenters. The molecule has 1 unspecified atom stereocenters. The van der Waals surface area contributed by atoms with E-state index in [4.69, 9.17) is 28.2 Å². The van der Waals surface area contributed by atoms with Crippen LogP contribution in [0.2, 0.25) is 10.0 Å². The first-order chi connectivity index (χ1) is 17.3. The van der Waals surface area contributed by atoms with Crippen molar-refractivity contribution in [2.45, 2.75) is 19.8 Å². The van der Waals surface area contributed by atoms with Crippen LogP contribution < -0.4 is 5.32 Å². The van der Waals surface area contributed by atoms with E-state index < -0.39 is 17.6 Å². The van der Waals surface area contributed by atoms with Gasteiger partial charge in [0.05, 0.1) is 44.4 Å². The number of hydrogen-bond donors (Lipinski definition) is 2. The van der Waals surface area contributed by atoms with Crippen LogP contribution in [0.3, 0.4) is 0 Å². The molecule has 0 saturated carbocycles. The molecule has 0 aliphatic rings. The lowest BCUT2D eigenvalue weighted by Gasteiger charge is -2.17. The van der Waals surface area contributed by atoms with E-state index in [0.717, 1.165) is 28.4 Å². The lowest BCUT2D eigenvalue weighted by molar-refractivity contribution is 0.0952. The number of imidazole rings is 1. The summed E-state index contributed by atoms with van der Waals surface area (Å²) in [6.07, 6.45) is 5.67. The Morgan fingerprint density at radius 2 is 1.75 bits per heavy atom. The number of nitrogens with one attached hydrogen (secondary N) is 2. The van der Waals surface area contributed by atoms with Crippen molar-refractivity contribution in [1.82, 2.24) is 35.0 Å². The van der Waals surface area contributed by atoms with Gasteiger partial charge in [-0.05, 0) is 60.9 Å². The average molecular weight is 524 g/mol. The van der Waals surface area contributed by atoms with Crippen LogP contribution in [0.25, 0.3) is 16.7 Å². The highest BCUT2D eigenvalue weighted by Gasteiger charge is 2.23. The van der Waals surface area contributed by atoms with Gasteiger partial charge in [-0.2, -0.15) is 0 Å². The number of halogens is 3. The Bertz CT molecular complexity index is 1520. The molecular weight excluding hydrogens is 504 g/mol. The number of H-pyrrole nitrogens is 1. The monoisotopic (exact) mass is 523 g/mol. The molecule has 2 aromatic carbocycles. The van der Waals surface area contributed by atoms with Crippen molar-refractivity contribution >= 4 is 40.1 Å². The number of benzene rings is 2. The van der Waals surface area contributed by atoms with Crippen molar-refractivity contribution in [3.63, 3.8) is 0 Å². The number of aromatic nitrogens is 6. The molecule has 5 aromatic rings. The summed E-state index contributed by atoms with van der Waals surface area (Å²) in [6, 6.07) is 8.58. The standard InChI is InChI=1S/C25H20Cl2FN7O/c1-13-3-21-22(4-14(13)2)34-24(33-21)18(15-5-16(28)9-29-8-15)10-30-25(36)23-19(26)6-17(7-20(23)27)35-11-31-32-12-35/h3-9,11-12,18H,10H2,1-2H3,(H,30,36)(H,33,34). The fraction of sp³-hybridized carbons (Fsp3) is 0.160. The maximum Gasteiger partial charge on any atom is 0.254 e. The molecule has 3 aromatic heterocycles. The molecule has 2 N–H and O–H groups in total. The topological polar surface area (TPSA) is 101 Å². The van der Waals surface area contributed by atoms with E-state index in [1.54, 1.807) is 22.9 Å². The number of nitrogens with zero attached hydrogens (tertiary/aromatic N) is 5. The summed E-state index contributed by atoms with van der Waals surface area (Å²) in [7, 11) is 0. The van der Waals surface area contributed by atoms with Gasteiger partial charge in [-0.25, -0.2) is 9.37 Å². The van der Waals surface area contributed by atoms with Crippen LogP contribution in [0.1, 0.15) is 38.8 Å². The van der Waals surface area contributed by atoms with Gasteiger partial charge in [-0.15, -0.1) is 10.2 Å². The van der Waals surface area contributed by atoms with Crippen LogP contribution in [0.4, 0.5) is 4.39 Å². The van der Waals surface area contributed by atoms with Crippen molar-refractivity contribution in [2.75, 3.05) is 6.54 Å². The van der Waals surface area contributed by atoms with Crippen molar-refractivity contribution in [1.29, 1.82) is 0 Å². The van der Waals surface area contributed by atoms with Crippen LogP contribution >= 0.6 is 23.2 Å². The highest BCUT2D eigenvalue weighted by Crippen LogP contribution is 2.30. The summed E-state index contributed by atoms with van der Waals surface area (Å²) in [4.78, 5) is 25.2. The van der Waals surface area contributed by atoms with E-state index in [2.05, 4.69) is 25.5 Å². The Hall–Kier alpha value is -3.82. The predicted octanol–water partition coefficient (Wildman–Crippen LogP) is 5.16. The smallest absolute Gasteiger partial charge is 0.254 e. The molecular formula is C25H20Cl2FN7O. The van der Waals surface area contributed by atoms with E-state index in [-0.39, 0.29) is 22.2 Å². The van der Waals surface area contributed by atoms with Crippen LogP contribution in [-0.2, 0) is 0 Å². The molecule has 3 heterocycles. The molecule has 5 rings (SSSR count). The number of hydrogen-bond acceptors (Lipinski definition) is 5. The lowest BCUT2D eigenvalue weighted by Crippen LogP contribution is -2.30. The molecule has 11 heteroatoms. The van der Waals surface area contributed by atoms with Crippen molar-refractivity contribution in [3.05, 3.63) is 99.3 Å². The molecule has 182 valence electrons. The summed E-state index contributed by atoms with van der Waals surface area (Å²) in [5.41, 5.74) is 5.16. The van der Waals surface area contributed by atoms with Crippen molar-refractivity contribution in [3.8, 4) is 5.69 Å². The van der Waals surface area contributed by atoms with E-state index >= 15 is 0 Å². The molecule has 0 saturated heterocycles. The summed E-state index contributed by atoms with van der Waals surface area (Å²) in [5.74, 6) is -0.887. The van der Waals surface area contributed by atoms with Gasteiger partial charge in [0.2, 0.25) is 0 Å². The first-order valence-corrected chi connectivity index (χ1v) is 11.8.